The van der Waals surface area contributed by atoms with Crippen molar-refractivity contribution in [3.8, 4) is 5.75 Å². The molecule has 2 aromatic rings. The van der Waals surface area contributed by atoms with Crippen molar-refractivity contribution in [2.75, 3.05) is 32.6 Å². The Bertz CT molecular complexity index is 1060. The number of hydrogen-bond donors (Lipinski definition) is 1. The van der Waals surface area contributed by atoms with Crippen molar-refractivity contribution >= 4 is 46.7 Å². The molecule has 7 nitrogen and oxygen atoms in total. The molecule has 9 heteroatoms. The fraction of sp³-hybridized carbons (Fsp3) is 0.320. The second kappa shape index (κ2) is 11.6. The van der Waals surface area contributed by atoms with E-state index >= 15 is 0 Å². The first kappa shape index (κ1) is 24.4. The van der Waals surface area contributed by atoms with Gasteiger partial charge in [0, 0.05) is 30.2 Å². The number of ether oxygens (including phenoxy) is 2. The van der Waals surface area contributed by atoms with Crippen molar-refractivity contribution < 1.29 is 23.9 Å². The molecular formula is C25H26N2O5S2. The Kier molecular flexibility index (Phi) is 8.31. The molecule has 0 radical (unpaired) electrons. The van der Waals surface area contributed by atoms with Crippen molar-refractivity contribution in [2.24, 2.45) is 0 Å². The molecule has 2 aliphatic heterocycles. The van der Waals surface area contributed by atoms with Crippen LogP contribution in [-0.4, -0.2) is 60.6 Å². The quantitative estimate of drug-likeness (QED) is 0.404. The molecule has 0 spiro atoms. The molecule has 2 saturated heterocycles. The standard InChI is InChI=1S/C25H26N2O5S2/c1-33-21-10-4-17(5-11-21)15-22-24(29)27(25(30)34-22)13-12-26-23(28)18-6-8-19(9-7-18)32-16-20-3-2-14-31-20/h4-11,15,20H,2-3,12-14,16H2,1H3,(H,26,28)/b22-15+. The summed E-state index contributed by atoms with van der Waals surface area (Å²) in [5, 5.41) is 2.43. The lowest BCUT2D eigenvalue weighted by molar-refractivity contribution is -0.122. The molecular weight excluding hydrogens is 472 g/mol. The summed E-state index contributed by atoms with van der Waals surface area (Å²) < 4.78 is 11.3. The summed E-state index contributed by atoms with van der Waals surface area (Å²) in [5.74, 6) is 0.0627. The van der Waals surface area contributed by atoms with Gasteiger partial charge in [0.2, 0.25) is 0 Å². The highest BCUT2D eigenvalue weighted by Gasteiger charge is 2.34. The van der Waals surface area contributed by atoms with Crippen molar-refractivity contribution in [3.63, 3.8) is 0 Å². The number of hydrogen-bond acceptors (Lipinski definition) is 7. The normalized spacial score (nSPS) is 19.1. The van der Waals surface area contributed by atoms with Crippen molar-refractivity contribution in [2.45, 2.75) is 23.8 Å². The number of imide groups is 1. The Balaban J connectivity index is 1.25. The summed E-state index contributed by atoms with van der Waals surface area (Å²) in [7, 11) is 0. The number of rotatable bonds is 9. The molecule has 4 rings (SSSR count). The van der Waals surface area contributed by atoms with Crippen LogP contribution >= 0.6 is 23.5 Å². The van der Waals surface area contributed by atoms with E-state index in [4.69, 9.17) is 9.47 Å². The molecule has 3 amide bonds. The van der Waals surface area contributed by atoms with E-state index in [1.54, 1.807) is 42.1 Å². The topological polar surface area (TPSA) is 84.9 Å². The fourth-order valence-corrected chi connectivity index (χ4v) is 4.87. The molecule has 1 atom stereocenters. The van der Waals surface area contributed by atoms with Gasteiger partial charge in [-0.3, -0.25) is 19.3 Å². The van der Waals surface area contributed by atoms with Crippen molar-refractivity contribution in [1.29, 1.82) is 0 Å². The van der Waals surface area contributed by atoms with Crippen LogP contribution in [0.5, 0.6) is 5.75 Å². The maximum absolute atomic E-state index is 12.7. The summed E-state index contributed by atoms with van der Waals surface area (Å²) in [6, 6.07) is 14.6. The van der Waals surface area contributed by atoms with Gasteiger partial charge in [-0.1, -0.05) is 12.1 Å². The Hall–Kier alpha value is -2.75. The van der Waals surface area contributed by atoms with Gasteiger partial charge >= 0.3 is 0 Å². The molecule has 2 aromatic carbocycles. The van der Waals surface area contributed by atoms with E-state index in [0.29, 0.717) is 22.8 Å². The van der Waals surface area contributed by atoms with Gasteiger partial charge in [-0.05, 0) is 78.9 Å². The molecule has 1 N–H and O–H groups in total. The summed E-state index contributed by atoms with van der Waals surface area (Å²) >= 11 is 2.55. The van der Waals surface area contributed by atoms with E-state index < -0.39 is 0 Å². The largest absolute Gasteiger partial charge is 0.491 e. The van der Waals surface area contributed by atoms with Crippen LogP contribution < -0.4 is 10.1 Å². The van der Waals surface area contributed by atoms with Gasteiger partial charge in [-0.25, -0.2) is 0 Å². The highest BCUT2D eigenvalue weighted by atomic mass is 32.2. The van der Waals surface area contributed by atoms with Crippen LogP contribution in [0.4, 0.5) is 4.79 Å². The smallest absolute Gasteiger partial charge is 0.293 e. The molecule has 0 saturated carbocycles. The Morgan fingerprint density at radius 3 is 2.65 bits per heavy atom. The lowest BCUT2D eigenvalue weighted by atomic mass is 10.2. The van der Waals surface area contributed by atoms with Crippen LogP contribution in [-0.2, 0) is 9.53 Å². The SMILES string of the molecule is CSc1ccc(/C=C2/SC(=O)N(CCNC(=O)c3ccc(OCC4CCCO4)cc3)C2=O)cc1. The van der Waals surface area contributed by atoms with Gasteiger partial charge < -0.3 is 14.8 Å². The monoisotopic (exact) mass is 498 g/mol. The van der Waals surface area contributed by atoms with Crippen molar-refractivity contribution in [1.82, 2.24) is 10.2 Å². The third-order valence-electron chi connectivity index (χ3n) is 5.48. The zero-order chi connectivity index (χ0) is 23.9. The van der Waals surface area contributed by atoms with E-state index in [1.165, 1.54) is 0 Å². The molecule has 0 bridgehead atoms. The molecule has 0 aromatic heterocycles. The summed E-state index contributed by atoms with van der Waals surface area (Å²) in [4.78, 5) is 40.1. The highest BCUT2D eigenvalue weighted by molar-refractivity contribution is 8.18. The first-order valence-electron chi connectivity index (χ1n) is 11.1. The Labute approximate surface area is 207 Å². The van der Waals surface area contributed by atoms with Gasteiger partial charge in [-0.2, -0.15) is 0 Å². The predicted octanol–water partition coefficient (Wildman–Crippen LogP) is 4.43. The van der Waals surface area contributed by atoms with E-state index in [1.807, 2.05) is 30.5 Å². The molecule has 1 unspecified atom stereocenters. The third kappa shape index (κ3) is 6.22. The van der Waals surface area contributed by atoms with E-state index in [0.717, 1.165) is 46.6 Å². The summed E-state index contributed by atoms with van der Waals surface area (Å²) in [6.07, 6.45) is 5.91. The van der Waals surface area contributed by atoms with Crippen LogP contribution in [0.1, 0.15) is 28.8 Å². The van der Waals surface area contributed by atoms with Gasteiger partial charge in [0.05, 0.1) is 11.0 Å². The summed E-state index contributed by atoms with van der Waals surface area (Å²) in [6.45, 7) is 1.57. The lowest BCUT2D eigenvalue weighted by Gasteiger charge is -2.13. The second-order valence-corrected chi connectivity index (χ2v) is 9.71. The molecule has 0 aliphatic carbocycles. The van der Waals surface area contributed by atoms with Gasteiger partial charge in [0.25, 0.3) is 17.1 Å². The van der Waals surface area contributed by atoms with Crippen molar-refractivity contribution in [3.05, 3.63) is 64.6 Å². The Morgan fingerprint density at radius 2 is 1.97 bits per heavy atom. The molecule has 2 heterocycles. The van der Waals surface area contributed by atoms with Crippen LogP contribution in [0.25, 0.3) is 6.08 Å². The lowest BCUT2D eigenvalue weighted by Crippen LogP contribution is -2.37. The maximum Gasteiger partial charge on any atom is 0.293 e. The van der Waals surface area contributed by atoms with Gasteiger partial charge in [-0.15, -0.1) is 11.8 Å². The maximum atomic E-state index is 12.7. The van der Waals surface area contributed by atoms with Gasteiger partial charge in [0.1, 0.15) is 12.4 Å². The minimum absolute atomic E-state index is 0.113. The van der Waals surface area contributed by atoms with Crippen LogP contribution in [0.3, 0.4) is 0 Å². The summed E-state index contributed by atoms with van der Waals surface area (Å²) in [5.41, 5.74) is 1.34. The van der Waals surface area contributed by atoms with E-state index in [2.05, 4.69) is 5.32 Å². The number of carbonyl (C=O) groups is 3. The zero-order valence-corrected chi connectivity index (χ0v) is 20.5. The molecule has 2 aliphatic rings. The predicted molar refractivity (Wildman–Crippen MR) is 134 cm³/mol. The number of thioether (sulfide) groups is 2. The van der Waals surface area contributed by atoms with E-state index in [9.17, 15) is 14.4 Å². The van der Waals surface area contributed by atoms with Crippen LogP contribution in [0.2, 0.25) is 0 Å². The van der Waals surface area contributed by atoms with Crippen LogP contribution in [0.15, 0.2) is 58.3 Å². The molecule has 178 valence electrons. The number of nitrogens with zero attached hydrogens (tertiary/aromatic N) is 1. The zero-order valence-electron chi connectivity index (χ0n) is 18.8. The number of amides is 3. The number of nitrogens with one attached hydrogen (secondary N) is 1. The molecule has 2 fully saturated rings. The van der Waals surface area contributed by atoms with Gasteiger partial charge in [0.15, 0.2) is 0 Å². The average molecular weight is 499 g/mol. The fourth-order valence-electron chi connectivity index (χ4n) is 3.60. The average Bonchev–Trinajstić information content (AvgIpc) is 3.47. The number of carbonyl (C=O) groups excluding carboxylic acids is 3. The van der Waals surface area contributed by atoms with Crippen LogP contribution in [0, 0.1) is 0 Å². The molecule has 34 heavy (non-hydrogen) atoms. The first-order valence-corrected chi connectivity index (χ1v) is 13.1. The minimum atomic E-state index is -0.342. The third-order valence-corrected chi connectivity index (χ3v) is 7.14. The number of benzene rings is 2. The second-order valence-electron chi connectivity index (χ2n) is 7.83. The highest BCUT2D eigenvalue weighted by Crippen LogP contribution is 2.32. The van der Waals surface area contributed by atoms with E-state index in [-0.39, 0.29) is 36.2 Å². The minimum Gasteiger partial charge on any atom is -0.491 e. The Morgan fingerprint density at radius 1 is 1.21 bits per heavy atom. The first-order chi connectivity index (χ1) is 16.5.